The summed E-state index contributed by atoms with van der Waals surface area (Å²) in [4.78, 5) is 28.0. The number of hydrogen-bond acceptors (Lipinski definition) is 9. The van der Waals surface area contributed by atoms with Crippen molar-refractivity contribution in [2.75, 3.05) is 44.8 Å². The molecule has 39 heavy (non-hydrogen) atoms. The van der Waals surface area contributed by atoms with Crippen LogP contribution in [0.1, 0.15) is 82.5 Å². The molecule has 2 aliphatic carbocycles. The highest BCUT2D eigenvalue weighted by molar-refractivity contribution is 5.91. The normalized spacial score (nSPS) is 29.4. The van der Waals surface area contributed by atoms with E-state index in [1.165, 1.54) is 12.8 Å². The second kappa shape index (κ2) is 9.84. The van der Waals surface area contributed by atoms with Crippen LogP contribution >= 0.6 is 0 Å². The van der Waals surface area contributed by atoms with Crippen LogP contribution in [0, 0.1) is 5.41 Å². The van der Waals surface area contributed by atoms with Crippen molar-refractivity contribution in [3.05, 3.63) is 17.4 Å². The Balaban J connectivity index is 1.26. The smallest absolute Gasteiger partial charge is 0.219 e. The maximum Gasteiger partial charge on any atom is 0.219 e. The van der Waals surface area contributed by atoms with E-state index in [-0.39, 0.29) is 11.5 Å². The molecule has 7 rings (SSSR count). The number of fused-ring (bicyclic) bond motifs is 2. The quantitative estimate of drug-likeness (QED) is 0.555. The highest BCUT2D eigenvalue weighted by atomic mass is 16.5. The standard InChI is InChI=1S/C30H41N5O4/c1-20(22-9-6-14-34(22)2)38-25-16-24(35-15-7-11-29(17-35)18-37-19-29)31-28(32-25)26-21-8-5-13-30(27(21)39-33-26)12-4-3-10-23(30)36/h16,20,22H,3-15,17-19H2,1-2H3/t20-,22-,30+/m0/s1. The SMILES string of the molecule is C[C@H](Oc1cc(N2CCCC3(COC3)C2)nc(-c2noc3c2CCC[C@@]32CCCCC2=O)n1)[C@@H]1CCCN1C. The van der Waals surface area contributed by atoms with Crippen LogP contribution < -0.4 is 9.64 Å². The minimum absolute atomic E-state index is 0.00943. The maximum atomic E-state index is 13.2. The van der Waals surface area contributed by atoms with E-state index in [9.17, 15) is 4.79 Å². The number of likely N-dealkylation sites (tertiary alicyclic amines) is 1. The van der Waals surface area contributed by atoms with Crippen molar-refractivity contribution in [1.29, 1.82) is 0 Å². The lowest BCUT2D eigenvalue weighted by Crippen LogP contribution is -2.54. The van der Waals surface area contributed by atoms with Crippen LogP contribution in [0.25, 0.3) is 11.5 Å². The fourth-order valence-electron chi connectivity index (χ4n) is 7.94. The van der Waals surface area contributed by atoms with Crippen molar-refractivity contribution in [3.8, 4) is 17.4 Å². The van der Waals surface area contributed by atoms with E-state index in [2.05, 4.69) is 28.9 Å². The van der Waals surface area contributed by atoms with E-state index < -0.39 is 5.41 Å². The van der Waals surface area contributed by atoms with Crippen molar-refractivity contribution < 1.29 is 18.8 Å². The second-order valence-electron chi connectivity index (χ2n) is 12.8. The molecule has 2 aromatic heterocycles. The third-order valence-corrected chi connectivity index (χ3v) is 10.2. The minimum atomic E-state index is -0.515. The van der Waals surface area contributed by atoms with E-state index in [0.717, 1.165) is 101 Å². The van der Waals surface area contributed by atoms with Gasteiger partial charge in [-0.2, -0.15) is 4.98 Å². The largest absolute Gasteiger partial charge is 0.473 e. The highest BCUT2D eigenvalue weighted by Crippen LogP contribution is 2.48. The van der Waals surface area contributed by atoms with Gasteiger partial charge in [-0.05, 0) is 78.3 Å². The number of rotatable bonds is 5. The number of ketones is 1. The number of carbonyl (C=O) groups excluding carboxylic acids is 1. The summed E-state index contributed by atoms with van der Waals surface area (Å²) in [6, 6.07) is 2.38. The Labute approximate surface area is 230 Å². The molecule has 0 bridgehead atoms. The first-order valence-corrected chi connectivity index (χ1v) is 15.1. The van der Waals surface area contributed by atoms with Crippen LogP contribution in [-0.2, 0) is 21.4 Å². The summed E-state index contributed by atoms with van der Waals surface area (Å²) in [5, 5.41) is 4.55. The van der Waals surface area contributed by atoms with Gasteiger partial charge in [0.2, 0.25) is 5.88 Å². The summed E-state index contributed by atoms with van der Waals surface area (Å²) in [5.41, 5.74) is 1.41. The number of nitrogens with zero attached hydrogens (tertiary/aromatic N) is 5. The zero-order chi connectivity index (χ0) is 26.6. The fraction of sp³-hybridized carbons (Fsp3) is 0.733. The Morgan fingerprint density at radius 3 is 2.69 bits per heavy atom. The van der Waals surface area contributed by atoms with Gasteiger partial charge in [-0.25, -0.2) is 4.98 Å². The summed E-state index contributed by atoms with van der Waals surface area (Å²) in [7, 11) is 2.17. The molecule has 0 aromatic carbocycles. The fourth-order valence-corrected chi connectivity index (χ4v) is 7.94. The molecule has 9 heteroatoms. The molecule has 2 spiro atoms. The molecule has 0 N–H and O–H groups in total. The molecule has 2 aromatic rings. The van der Waals surface area contributed by atoms with Crippen molar-refractivity contribution in [3.63, 3.8) is 0 Å². The summed E-state index contributed by atoms with van der Waals surface area (Å²) in [6.45, 7) is 6.77. The molecule has 4 fully saturated rings. The van der Waals surface area contributed by atoms with E-state index in [1.807, 2.05) is 6.07 Å². The van der Waals surface area contributed by atoms with Gasteiger partial charge in [0.15, 0.2) is 17.3 Å². The summed E-state index contributed by atoms with van der Waals surface area (Å²) in [6.07, 6.45) is 10.8. The molecular formula is C30H41N5O4. The minimum Gasteiger partial charge on any atom is -0.473 e. The lowest BCUT2D eigenvalue weighted by molar-refractivity contribution is -0.128. The number of carbonyl (C=O) groups is 1. The van der Waals surface area contributed by atoms with Gasteiger partial charge in [0.05, 0.1) is 18.6 Å². The molecule has 0 unspecified atom stereocenters. The van der Waals surface area contributed by atoms with Crippen LogP contribution in [0.15, 0.2) is 10.6 Å². The predicted octanol–water partition coefficient (Wildman–Crippen LogP) is 4.33. The van der Waals surface area contributed by atoms with Gasteiger partial charge in [0.1, 0.15) is 17.7 Å². The van der Waals surface area contributed by atoms with E-state index >= 15 is 0 Å². The first-order chi connectivity index (χ1) is 19.0. The van der Waals surface area contributed by atoms with Gasteiger partial charge in [-0.1, -0.05) is 11.6 Å². The lowest BCUT2D eigenvalue weighted by Gasteiger charge is -2.48. The highest BCUT2D eigenvalue weighted by Gasteiger charge is 2.49. The Kier molecular flexibility index (Phi) is 6.42. The number of piperidine rings is 1. The van der Waals surface area contributed by atoms with Crippen molar-refractivity contribution in [2.45, 2.75) is 95.1 Å². The Morgan fingerprint density at radius 2 is 1.92 bits per heavy atom. The van der Waals surface area contributed by atoms with Gasteiger partial charge in [-0.15, -0.1) is 0 Å². The monoisotopic (exact) mass is 535 g/mol. The maximum absolute atomic E-state index is 13.2. The van der Waals surface area contributed by atoms with E-state index in [0.29, 0.717) is 35.6 Å². The topological polar surface area (TPSA) is 93.8 Å². The lowest BCUT2D eigenvalue weighted by atomic mass is 9.64. The molecule has 0 radical (unpaired) electrons. The van der Waals surface area contributed by atoms with Gasteiger partial charge in [0.25, 0.3) is 0 Å². The zero-order valence-electron chi connectivity index (χ0n) is 23.4. The number of Topliss-reactive ketones (excluding diaryl/α,β-unsaturated/α-hetero) is 1. The zero-order valence-corrected chi connectivity index (χ0v) is 23.4. The summed E-state index contributed by atoms with van der Waals surface area (Å²) >= 11 is 0. The molecule has 1 saturated carbocycles. The van der Waals surface area contributed by atoms with Crippen molar-refractivity contribution >= 4 is 11.6 Å². The molecular weight excluding hydrogens is 494 g/mol. The molecule has 3 saturated heterocycles. The Bertz CT molecular complexity index is 1240. The molecule has 3 aliphatic heterocycles. The molecule has 5 aliphatic rings. The van der Waals surface area contributed by atoms with E-state index in [4.69, 9.17) is 24.0 Å². The number of ether oxygens (including phenoxy) is 2. The van der Waals surface area contributed by atoms with Crippen molar-refractivity contribution in [1.82, 2.24) is 20.0 Å². The Hall–Kier alpha value is -2.52. The predicted molar refractivity (Wildman–Crippen MR) is 146 cm³/mol. The second-order valence-corrected chi connectivity index (χ2v) is 12.8. The van der Waals surface area contributed by atoms with E-state index in [1.54, 1.807) is 0 Å². The first-order valence-electron chi connectivity index (χ1n) is 15.1. The summed E-state index contributed by atoms with van der Waals surface area (Å²) in [5.74, 6) is 3.10. The average Bonchev–Trinajstić information content (AvgIpc) is 3.56. The van der Waals surface area contributed by atoms with Gasteiger partial charge < -0.3 is 18.9 Å². The molecule has 210 valence electrons. The molecule has 9 nitrogen and oxygen atoms in total. The molecule has 5 heterocycles. The van der Waals surface area contributed by atoms with Gasteiger partial charge in [-0.3, -0.25) is 9.69 Å². The number of likely N-dealkylation sites (N-methyl/N-ethyl adjacent to an activating group) is 1. The van der Waals surface area contributed by atoms with Crippen LogP contribution in [0.3, 0.4) is 0 Å². The Morgan fingerprint density at radius 1 is 1.05 bits per heavy atom. The third kappa shape index (κ3) is 4.36. The number of anilines is 1. The molecule has 0 amide bonds. The number of hydrogen-bond donors (Lipinski definition) is 0. The van der Waals surface area contributed by atoms with Crippen LogP contribution in [0.5, 0.6) is 5.88 Å². The van der Waals surface area contributed by atoms with Gasteiger partial charge in [0, 0.05) is 42.6 Å². The third-order valence-electron chi connectivity index (χ3n) is 10.2. The molecule has 3 atom stereocenters. The average molecular weight is 536 g/mol. The van der Waals surface area contributed by atoms with Crippen molar-refractivity contribution in [2.24, 2.45) is 5.41 Å². The van der Waals surface area contributed by atoms with Crippen LogP contribution in [-0.4, -0.2) is 77.8 Å². The van der Waals surface area contributed by atoms with Crippen LogP contribution in [0.4, 0.5) is 5.82 Å². The van der Waals surface area contributed by atoms with Crippen LogP contribution in [0.2, 0.25) is 0 Å². The summed E-state index contributed by atoms with van der Waals surface area (Å²) < 4.78 is 18.2. The van der Waals surface area contributed by atoms with Gasteiger partial charge >= 0.3 is 0 Å². The number of aromatic nitrogens is 3. The first kappa shape index (κ1) is 25.4.